The number of hydrogen-bond donors (Lipinski definition) is 1. The molecular formula is C11H18N4O2. The minimum absolute atomic E-state index is 0.0745. The van der Waals surface area contributed by atoms with Crippen LogP contribution in [0.25, 0.3) is 0 Å². The molecule has 0 aromatic carbocycles. The summed E-state index contributed by atoms with van der Waals surface area (Å²) >= 11 is 0. The lowest BCUT2D eigenvalue weighted by Gasteiger charge is -2.06. The molecule has 0 radical (unpaired) electrons. The molecule has 0 aliphatic carbocycles. The molecule has 1 heterocycles. The van der Waals surface area contributed by atoms with Crippen LogP contribution in [0.2, 0.25) is 0 Å². The summed E-state index contributed by atoms with van der Waals surface area (Å²) in [6.45, 7) is 8.48. The van der Waals surface area contributed by atoms with Gasteiger partial charge in [-0.05, 0) is 26.7 Å². The zero-order valence-corrected chi connectivity index (χ0v) is 10.3. The first-order valence-corrected chi connectivity index (χ1v) is 5.68. The lowest BCUT2D eigenvalue weighted by atomic mass is 10.3. The highest BCUT2D eigenvalue weighted by molar-refractivity contribution is 5.59. The van der Waals surface area contributed by atoms with Crippen LogP contribution in [0.4, 0.5) is 11.5 Å². The number of aryl methyl sites for hydroxylation is 2. The van der Waals surface area contributed by atoms with Crippen LogP contribution in [-0.2, 0) is 6.54 Å². The molecule has 17 heavy (non-hydrogen) atoms. The van der Waals surface area contributed by atoms with Crippen molar-refractivity contribution in [1.82, 2.24) is 9.78 Å². The van der Waals surface area contributed by atoms with E-state index in [4.69, 9.17) is 0 Å². The van der Waals surface area contributed by atoms with Crippen LogP contribution in [0, 0.1) is 17.0 Å². The largest absolute Gasteiger partial charge is 0.365 e. The Morgan fingerprint density at radius 1 is 1.65 bits per heavy atom. The smallest absolute Gasteiger partial charge is 0.333 e. The van der Waals surface area contributed by atoms with E-state index >= 15 is 0 Å². The van der Waals surface area contributed by atoms with Crippen molar-refractivity contribution in [2.45, 2.75) is 33.2 Å². The highest BCUT2D eigenvalue weighted by Gasteiger charge is 2.24. The van der Waals surface area contributed by atoms with Gasteiger partial charge in [0.15, 0.2) is 0 Å². The van der Waals surface area contributed by atoms with E-state index in [1.54, 1.807) is 11.6 Å². The quantitative estimate of drug-likeness (QED) is 0.343. The van der Waals surface area contributed by atoms with E-state index in [9.17, 15) is 10.1 Å². The third-order valence-electron chi connectivity index (χ3n) is 2.46. The Kier molecular flexibility index (Phi) is 4.68. The van der Waals surface area contributed by atoms with Crippen LogP contribution in [0.3, 0.4) is 0 Å². The first-order valence-electron chi connectivity index (χ1n) is 5.68. The molecule has 0 aliphatic heterocycles. The molecule has 0 saturated heterocycles. The van der Waals surface area contributed by atoms with Crippen LogP contribution < -0.4 is 5.32 Å². The highest BCUT2D eigenvalue weighted by Crippen LogP contribution is 2.27. The molecule has 1 aromatic rings. The fourth-order valence-corrected chi connectivity index (χ4v) is 1.65. The molecule has 0 fully saturated rings. The van der Waals surface area contributed by atoms with Crippen molar-refractivity contribution < 1.29 is 4.92 Å². The Morgan fingerprint density at radius 2 is 2.35 bits per heavy atom. The molecule has 0 amide bonds. The maximum absolute atomic E-state index is 11.0. The van der Waals surface area contributed by atoms with Gasteiger partial charge in [0.2, 0.25) is 5.82 Å². The molecule has 1 aromatic heterocycles. The van der Waals surface area contributed by atoms with Crippen LogP contribution in [0.5, 0.6) is 0 Å². The van der Waals surface area contributed by atoms with Crippen LogP contribution >= 0.6 is 0 Å². The number of rotatable bonds is 7. The van der Waals surface area contributed by atoms with Crippen molar-refractivity contribution in [3.63, 3.8) is 0 Å². The molecule has 1 rings (SSSR count). The van der Waals surface area contributed by atoms with Gasteiger partial charge in [-0.15, -0.1) is 6.58 Å². The van der Waals surface area contributed by atoms with Crippen molar-refractivity contribution in [3.05, 3.63) is 28.5 Å². The number of anilines is 1. The Balaban J connectivity index is 2.86. The summed E-state index contributed by atoms with van der Waals surface area (Å²) < 4.78 is 1.63. The fraction of sp³-hybridized carbons (Fsp3) is 0.545. The van der Waals surface area contributed by atoms with Gasteiger partial charge in [0.05, 0.1) is 4.92 Å². The Morgan fingerprint density at radius 3 is 2.88 bits per heavy atom. The first kappa shape index (κ1) is 13.2. The van der Waals surface area contributed by atoms with Crippen LogP contribution in [0.15, 0.2) is 12.7 Å². The predicted molar refractivity (Wildman–Crippen MR) is 67.2 cm³/mol. The van der Waals surface area contributed by atoms with Crippen molar-refractivity contribution in [3.8, 4) is 0 Å². The SMILES string of the molecule is C=CCCCNc1c([N+](=O)[O-])c(C)nn1CC. The monoisotopic (exact) mass is 238 g/mol. The number of nitro groups is 1. The van der Waals surface area contributed by atoms with Gasteiger partial charge in [-0.25, -0.2) is 4.68 Å². The van der Waals surface area contributed by atoms with Crippen LogP contribution in [-0.4, -0.2) is 21.2 Å². The van der Waals surface area contributed by atoms with E-state index in [1.807, 2.05) is 13.0 Å². The van der Waals surface area contributed by atoms with Crippen molar-refractivity contribution >= 4 is 11.5 Å². The second kappa shape index (κ2) is 6.03. The second-order valence-electron chi connectivity index (χ2n) is 3.71. The minimum atomic E-state index is -0.385. The molecule has 0 atom stereocenters. The van der Waals surface area contributed by atoms with Crippen molar-refractivity contribution in [2.24, 2.45) is 0 Å². The fourth-order valence-electron chi connectivity index (χ4n) is 1.65. The molecule has 1 N–H and O–H groups in total. The minimum Gasteiger partial charge on any atom is -0.365 e. The average molecular weight is 238 g/mol. The van der Waals surface area contributed by atoms with Gasteiger partial charge in [0.25, 0.3) is 0 Å². The van der Waals surface area contributed by atoms with Crippen LogP contribution in [0.1, 0.15) is 25.5 Å². The Hall–Kier alpha value is -1.85. The van der Waals surface area contributed by atoms with E-state index in [-0.39, 0.29) is 10.6 Å². The van der Waals surface area contributed by atoms with Crippen molar-refractivity contribution in [2.75, 3.05) is 11.9 Å². The molecule has 94 valence electrons. The van der Waals surface area contributed by atoms with Gasteiger partial charge in [-0.3, -0.25) is 10.1 Å². The third-order valence-corrected chi connectivity index (χ3v) is 2.46. The second-order valence-corrected chi connectivity index (χ2v) is 3.71. The van der Waals surface area contributed by atoms with Gasteiger partial charge in [0.1, 0.15) is 5.69 Å². The van der Waals surface area contributed by atoms with E-state index in [0.29, 0.717) is 24.6 Å². The number of nitrogens with zero attached hydrogens (tertiary/aromatic N) is 3. The summed E-state index contributed by atoms with van der Waals surface area (Å²) in [6.07, 6.45) is 3.62. The maximum atomic E-state index is 11.0. The molecule has 0 aliphatic rings. The molecule has 0 bridgehead atoms. The summed E-state index contributed by atoms with van der Waals surface area (Å²) in [5.41, 5.74) is 0.522. The predicted octanol–water partition coefficient (Wildman–Crippen LogP) is 2.50. The normalized spacial score (nSPS) is 10.2. The Bertz CT molecular complexity index is 412. The van der Waals surface area contributed by atoms with Gasteiger partial charge in [0, 0.05) is 13.1 Å². The van der Waals surface area contributed by atoms with Gasteiger partial charge >= 0.3 is 5.69 Å². The standard InChI is InChI=1S/C11H18N4O2/c1-4-6-7-8-12-11-10(15(16)17)9(3)13-14(11)5-2/h4,12H,1,5-8H2,2-3H3. The lowest BCUT2D eigenvalue weighted by Crippen LogP contribution is -2.09. The topological polar surface area (TPSA) is 73.0 Å². The van der Waals surface area contributed by atoms with E-state index in [1.165, 1.54) is 0 Å². The van der Waals surface area contributed by atoms with Crippen molar-refractivity contribution in [1.29, 1.82) is 0 Å². The third kappa shape index (κ3) is 3.05. The van der Waals surface area contributed by atoms with E-state index < -0.39 is 0 Å². The molecule has 6 heteroatoms. The number of allylic oxidation sites excluding steroid dienone is 1. The lowest BCUT2D eigenvalue weighted by molar-refractivity contribution is -0.384. The number of aromatic nitrogens is 2. The molecule has 6 nitrogen and oxygen atoms in total. The summed E-state index contributed by atoms with van der Waals surface area (Å²) in [5, 5.41) is 18.2. The molecule has 0 saturated carbocycles. The van der Waals surface area contributed by atoms with Gasteiger partial charge in [-0.2, -0.15) is 5.10 Å². The molecular weight excluding hydrogens is 220 g/mol. The number of nitrogens with one attached hydrogen (secondary N) is 1. The maximum Gasteiger partial charge on any atom is 0.333 e. The highest BCUT2D eigenvalue weighted by atomic mass is 16.6. The average Bonchev–Trinajstić information content (AvgIpc) is 2.61. The number of unbranched alkanes of at least 4 members (excludes halogenated alkanes) is 1. The van der Waals surface area contributed by atoms with Gasteiger partial charge < -0.3 is 5.32 Å². The zero-order chi connectivity index (χ0) is 12.8. The molecule has 0 spiro atoms. The summed E-state index contributed by atoms with van der Waals surface area (Å²) in [7, 11) is 0. The first-order chi connectivity index (χ1) is 8.11. The number of hydrogen-bond acceptors (Lipinski definition) is 4. The summed E-state index contributed by atoms with van der Waals surface area (Å²) in [5.74, 6) is 0.499. The van der Waals surface area contributed by atoms with Gasteiger partial charge in [-0.1, -0.05) is 6.08 Å². The molecule has 0 unspecified atom stereocenters. The van der Waals surface area contributed by atoms with E-state index in [2.05, 4.69) is 17.0 Å². The zero-order valence-electron chi connectivity index (χ0n) is 10.3. The summed E-state index contributed by atoms with van der Waals surface area (Å²) in [6, 6.07) is 0. The summed E-state index contributed by atoms with van der Waals surface area (Å²) in [4.78, 5) is 10.6. The van der Waals surface area contributed by atoms with E-state index in [0.717, 1.165) is 12.8 Å². The Labute approximate surface area is 100 Å².